The van der Waals surface area contributed by atoms with Crippen LogP contribution in [0.4, 0.5) is 0 Å². The lowest BCUT2D eigenvalue weighted by atomic mass is 9.95. The van der Waals surface area contributed by atoms with Crippen molar-refractivity contribution in [2.45, 2.75) is 32.4 Å². The molecule has 0 aliphatic rings. The Morgan fingerprint density at radius 1 is 1.33 bits per heavy atom. The zero-order valence-corrected chi connectivity index (χ0v) is 9.22. The SMILES string of the molecule is CC(C)CC(N)C(O)c1cccc(O)c1. The molecule has 0 spiro atoms. The fourth-order valence-corrected chi connectivity index (χ4v) is 1.63. The third-order valence-electron chi connectivity index (χ3n) is 2.36. The molecule has 0 fully saturated rings. The van der Waals surface area contributed by atoms with Gasteiger partial charge in [0.15, 0.2) is 0 Å². The van der Waals surface area contributed by atoms with Crippen LogP contribution in [0.1, 0.15) is 31.9 Å². The lowest BCUT2D eigenvalue weighted by Crippen LogP contribution is -2.29. The fourth-order valence-electron chi connectivity index (χ4n) is 1.63. The highest BCUT2D eigenvalue weighted by Gasteiger charge is 2.18. The average Bonchev–Trinajstić information content (AvgIpc) is 2.15. The van der Waals surface area contributed by atoms with E-state index in [0.717, 1.165) is 6.42 Å². The van der Waals surface area contributed by atoms with E-state index in [-0.39, 0.29) is 11.8 Å². The van der Waals surface area contributed by atoms with Gasteiger partial charge in [-0.2, -0.15) is 0 Å². The highest BCUT2D eigenvalue weighted by atomic mass is 16.3. The number of phenols is 1. The normalized spacial score (nSPS) is 15.3. The van der Waals surface area contributed by atoms with Gasteiger partial charge in [-0.05, 0) is 30.0 Å². The van der Waals surface area contributed by atoms with Crippen molar-refractivity contribution in [3.8, 4) is 5.75 Å². The molecule has 0 bridgehead atoms. The number of hydrogen-bond acceptors (Lipinski definition) is 3. The molecule has 0 radical (unpaired) electrons. The van der Waals surface area contributed by atoms with Crippen LogP contribution in [0, 0.1) is 5.92 Å². The summed E-state index contributed by atoms with van der Waals surface area (Å²) in [5.41, 5.74) is 6.54. The molecule has 0 aliphatic carbocycles. The molecule has 1 aromatic rings. The Hall–Kier alpha value is -1.06. The van der Waals surface area contributed by atoms with Crippen LogP contribution in [-0.2, 0) is 0 Å². The van der Waals surface area contributed by atoms with Crippen LogP contribution in [0.2, 0.25) is 0 Å². The molecule has 3 heteroatoms. The zero-order valence-electron chi connectivity index (χ0n) is 9.22. The van der Waals surface area contributed by atoms with Gasteiger partial charge in [-0.3, -0.25) is 0 Å². The van der Waals surface area contributed by atoms with E-state index in [1.165, 1.54) is 0 Å². The number of aromatic hydroxyl groups is 1. The van der Waals surface area contributed by atoms with Crippen LogP contribution in [0.15, 0.2) is 24.3 Å². The van der Waals surface area contributed by atoms with Gasteiger partial charge in [0.05, 0.1) is 6.10 Å². The topological polar surface area (TPSA) is 66.5 Å². The van der Waals surface area contributed by atoms with E-state index in [4.69, 9.17) is 5.73 Å². The first kappa shape index (κ1) is 12.0. The Morgan fingerprint density at radius 3 is 2.53 bits per heavy atom. The summed E-state index contributed by atoms with van der Waals surface area (Å²) in [6, 6.07) is 6.31. The summed E-state index contributed by atoms with van der Waals surface area (Å²) in [6.07, 6.45) is 0.0519. The van der Waals surface area contributed by atoms with Crippen molar-refractivity contribution in [1.29, 1.82) is 0 Å². The number of benzene rings is 1. The maximum Gasteiger partial charge on any atom is 0.115 e. The van der Waals surface area contributed by atoms with E-state index in [0.29, 0.717) is 11.5 Å². The Balaban J connectivity index is 2.71. The van der Waals surface area contributed by atoms with Gasteiger partial charge in [0.25, 0.3) is 0 Å². The van der Waals surface area contributed by atoms with E-state index in [1.807, 2.05) is 0 Å². The predicted molar refractivity (Wildman–Crippen MR) is 60.5 cm³/mol. The smallest absolute Gasteiger partial charge is 0.115 e. The van der Waals surface area contributed by atoms with Crippen molar-refractivity contribution < 1.29 is 10.2 Å². The lowest BCUT2D eigenvalue weighted by molar-refractivity contribution is 0.135. The van der Waals surface area contributed by atoms with Gasteiger partial charge < -0.3 is 15.9 Å². The van der Waals surface area contributed by atoms with Crippen molar-refractivity contribution in [1.82, 2.24) is 0 Å². The highest BCUT2D eigenvalue weighted by molar-refractivity contribution is 5.29. The molecular formula is C12H19NO2. The van der Waals surface area contributed by atoms with Gasteiger partial charge in [0.2, 0.25) is 0 Å². The van der Waals surface area contributed by atoms with Crippen molar-refractivity contribution in [2.75, 3.05) is 0 Å². The Labute approximate surface area is 90.5 Å². The molecule has 1 aromatic carbocycles. The minimum Gasteiger partial charge on any atom is -0.508 e. The van der Waals surface area contributed by atoms with Crippen LogP contribution < -0.4 is 5.73 Å². The molecule has 0 aromatic heterocycles. The molecule has 0 saturated heterocycles. The van der Waals surface area contributed by atoms with E-state index < -0.39 is 6.10 Å². The summed E-state index contributed by atoms with van der Waals surface area (Å²) in [5, 5.41) is 19.2. The van der Waals surface area contributed by atoms with Gasteiger partial charge in [-0.25, -0.2) is 0 Å². The first-order valence-electron chi connectivity index (χ1n) is 5.23. The van der Waals surface area contributed by atoms with E-state index in [1.54, 1.807) is 24.3 Å². The molecule has 0 amide bonds. The second kappa shape index (κ2) is 5.14. The molecule has 0 saturated carbocycles. The average molecular weight is 209 g/mol. The van der Waals surface area contributed by atoms with Crippen LogP contribution >= 0.6 is 0 Å². The van der Waals surface area contributed by atoms with Crippen LogP contribution in [0.5, 0.6) is 5.75 Å². The van der Waals surface area contributed by atoms with Gasteiger partial charge in [-0.1, -0.05) is 26.0 Å². The molecule has 4 N–H and O–H groups in total. The van der Waals surface area contributed by atoms with E-state index >= 15 is 0 Å². The molecule has 2 unspecified atom stereocenters. The molecule has 0 heterocycles. The quantitative estimate of drug-likeness (QED) is 0.708. The minimum atomic E-state index is -0.709. The van der Waals surface area contributed by atoms with Gasteiger partial charge in [-0.15, -0.1) is 0 Å². The second-order valence-corrected chi connectivity index (χ2v) is 4.33. The summed E-state index contributed by atoms with van der Waals surface area (Å²) < 4.78 is 0. The van der Waals surface area contributed by atoms with Gasteiger partial charge in [0, 0.05) is 6.04 Å². The third kappa shape index (κ3) is 3.53. The summed E-state index contributed by atoms with van der Waals surface area (Å²) in [4.78, 5) is 0. The van der Waals surface area contributed by atoms with Crippen LogP contribution in [0.25, 0.3) is 0 Å². The summed E-state index contributed by atoms with van der Waals surface area (Å²) >= 11 is 0. The molecule has 3 nitrogen and oxygen atoms in total. The zero-order chi connectivity index (χ0) is 11.4. The standard InChI is InChI=1S/C12H19NO2/c1-8(2)6-11(13)12(15)9-4-3-5-10(14)7-9/h3-5,7-8,11-12,14-15H,6,13H2,1-2H3. The summed E-state index contributed by atoms with van der Waals surface area (Å²) in [5.74, 6) is 0.607. The molecule has 15 heavy (non-hydrogen) atoms. The van der Waals surface area contributed by atoms with Crippen molar-refractivity contribution in [3.63, 3.8) is 0 Å². The first-order valence-corrected chi connectivity index (χ1v) is 5.23. The van der Waals surface area contributed by atoms with Gasteiger partial charge >= 0.3 is 0 Å². The van der Waals surface area contributed by atoms with Crippen molar-refractivity contribution in [2.24, 2.45) is 11.7 Å². The Bertz CT molecular complexity index is 312. The molecular weight excluding hydrogens is 190 g/mol. The fraction of sp³-hybridized carbons (Fsp3) is 0.500. The number of hydrogen-bond donors (Lipinski definition) is 3. The monoisotopic (exact) mass is 209 g/mol. The number of nitrogens with two attached hydrogens (primary N) is 1. The molecule has 1 rings (SSSR count). The van der Waals surface area contributed by atoms with Crippen molar-refractivity contribution >= 4 is 0 Å². The van der Waals surface area contributed by atoms with E-state index in [2.05, 4.69) is 13.8 Å². The maximum absolute atomic E-state index is 9.93. The number of aliphatic hydroxyl groups excluding tert-OH is 1. The number of aliphatic hydroxyl groups is 1. The van der Waals surface area contributed by atoms with E-state index in [9.17, 15) is 10.2 Å². The number of phenolic OH excluding ortho intramolecular Hbond substituents is 1. The van der Waals surface area contributed by atoms with Crippen LogP contribution in [-0.4, -0.2) is 16.3 Å². The lowest BCUT2D eigenvalue weighted by Gasteiger charge is -2.20. The van der Waals surface area contributed by atoms with Gasteiger partial charge in [0.1, 0.15) is 5.75 Å². The van der Waals surface area contributed by atoms with Crippen molar-refractivity contribution in [3.05, 3.63) is 29.8 Å². The molecule has 2 atom stereocenters. The summed E-state index contributed by atoms with van der Waals surface area (Å²) in [7, 11) is 0. The minimum absolute atomic E-state index is 0.156. The largest absolute Gasteiger partial charge is 0.508 e. The molecule has 0 aliphatic heterocycles. The Morgan fingerprint density at radius 2 is 2.00 bits per heavy atom. The second-order valence-electron chi connectivity index (χ2n) is 4.33. The number of rotatable bonds is 4. The third-order valence-corrected chi connectivity index (χ3v) is 2.36. The maximum atomic E-state index is 9.93. The van der Waals surface area contributed by atoms with Crippen LogP contribution in [0.3, 0.4) is 0 Å². The summed E-state index contributed by atoms with van der Waals surface area (Å²) in [6.45, 7) is 4.13. The predicted octanol–water partition coefficient (Wildman–Crippen LogP) is 1.80. The first-order chi connectivity index (χ1) is 7.00. The molecule has 84 valence electrons. The Kier molecular flexibility index (Phi) is 4.12. The highest BCUT2D eigenvalue weighted by Crippen LogP contribution is 2.22.